The molecule has 1 unspecified atom stereocenters. The van der Waals surface area contributed by atoms with Crippen molar-refractivity contribution in [3.63, 3.8) is 0 Å². The van der Waals surface area contributed by atoms with Gasteiger partial charge in [0, 0.05) is 12.5 Å². The van der Waals surface area contributed by atoms with Crippen molar-refractivity contribution >= 4 is 5.78 Å². The zero-order valence-electron chi connectivity index (χ0n) is 6.68. The van der Waals surface area contributed by atoms with Gasteiger partial charge >= 0.3 is 0 Å². The lowest BCUT2D eigenvalue weighted by Crippen LogP contribution is -2.27. The number of ketones is 1. The molecule has 0 spiro atoms. The molecule has 0 heterocycles. The Bertz CT molecular complexity index is 120. The van der Waals surface area contributed by atoms with E-state index in [4.69, 9.17) is 0 Å². The van der Waals surface area contributed by atoms with Gasteiger partial charge in [-0.1, -0.05) is 13.5 Å². The maximum atomic E-state index is 10.7. The molecule has 2 heteroatoms. The lowest BCUT2D eigenvalue weighted by molar-refractivity contribution is -0.114. The minimum atomic E-state index is 0.105. The van der Waals surface area contributed by atoms with Crippen LogP contribution in [0.4, 0.5) is 0 Å². The third kappa shape index (κ3) is 4.27. The molecule has 0 saturated carbocycles. The van der Waals surface area contributed by atoms with Crippen molar-refractivity contribution in [1.29, 1.82) is 0 Å². The minimum Gasteiger partial charge on any atom is -0.314 e. The Morgan fingerprint density at radius 3 is 2.80 bits per heavy atom. The molecule has 0 aliphatic carbocycles. The first kappa shape index (κ1) is 9.37. The van der Waals surface area contributed by atoms with E-state index in [2.05, 4.69) is 11.9 Å². The van der Waals surface area contributed by atoms with Crippen molar-refractivity contribution in [3.05, 3.63) is 12.7 Å². The molecule has 0 radical (unpaired) electrons. The van der Waals surface area contributed by atoms with Crippen LogP contribution in [0.25, 0.3) is 0 Å². The zero-order valence-corrected chi connectivity index (χ0v) is 6.68. The molecular weight excluding hydrogens is 126 g/mol. The monoisotopic (exact) mass is 141 g/mol. The predicted molar refractivity (Wildman–Crippen MR) is 43.0 cm³/mol. The molecule has 0 aromatic heterocycles. The topological polar surface area (TPSA) is 29.1 Å². The van der Waals surface area contributed by atoms with E-state index in [9.17, 15) is 4.79 Å². The molecule has 0 aromatic rings. The van der Waals surface area contributed by atoms with Gasteiger partial charge in [0.15, 0.2) is 5.78 Å². The van der Waals surface area contributed by atoms with Gasteiger partial charge in [-0.05, 0) is 19.5 Å². The van der Waals surface area contributed by atoms with Gasteiger partial charge in [0.25, 0.3) is 0 Å². The van der Waals surface area contributed by atoms with Gasteiger partial charge in [-0.15, -0.1) is 0 Å². The summed E-state index contributed by atoms with van der Waals surface area (Å²) < 4.78 is 0. The van der Waals surface area contributed by atoms with Crippen LogP contribution < -0.4 is 5.32 Å². The fraction of sp³-hybridized carbons (Fsp3) is 0.625. The number of hydrogen-bond acceptors (Lipinski definition) is 2. The third-order valence-corrected chi connectivity index (χ3v) is 1.29. The van der Waals surface area contributed by atoms with Crippen LogP contribution in [0.5, 0.6) is 0 Å². The van der Waals surface area contributed by atoms with E-state index in [1.807, 2.05) is 13.8 Å². The van der Waals surface area contributed by atoms with E-state index in [0.29, 0.717) is 6.42 Å². The van der Waals surface area contributed by atoms with Gasteiger partial charge in [-0.25, -0.2) is 0 Å². The molecule has 0 rings (SSSR count). The fourth-order valence-electron chi connectivity index (χ4n) is 0.806. The molecule has 1 N–H and O–H groups in total. The van der Waals surface area contributed by atoms with Gasteiger partial charge in [0.1, 0.15) is 0 Å². The van der Waals surface area contributed by atoms with E-state index in [-0.39, 0.29) is 11.8 Å². The minimum absolute atomic E-state index is 0.105. The van der Waals surface area contributed by atoms with Gasteiger partial charge in [0.05, 0.1) is 0 Å². The normalized spacial score (nSPS) is 12.6. The van der Waals surface area contributed by atoms with Crippen molar-refractivity contribution < 1.29 is 4.79 Å². The number of allylic oxidation sites excluding steroid dienone is 1. The second-order valence-electron chi connectivity index (χ2n) is 2.33. The van der Waals surface area contributed by atoms with Crippen LogP contribution in [0.15, 0.2) is 12.7 Å². The average molecular weight is 141 g/mol. The van der Waals surface area contributed by atoms with E-state index in [1.165, 1.54) is 6.08 Å². The molecule has 0 aliphatic heterocycles. The molecule has 0 fully saturated rings. The lowest BCUT2D eigenvalue weighted by atomic mass is 10.1. The van der Waals surface area contributed by atoms with Crippen LogP contribution in [-0.2, 0) is 4.79 Å². The van der Waals surface area contributed by atoms with Crippen molar-refractivity contribution in [3.8, 4) is 0 Å². The number of rotatable bonds is 5. The van der Waals surface area contributed by atoms with Gasteiger partial charge in [0.2, 0.25) is 0 Å². The first-order chi connectivity index (χ1) is 4.70. The van der Waals surface area contributed by atoms with Crippen LogP contribution >= 0.6 is 0 Å². The second kappa shape index (κ2) is 5.18. The molecule has 0 bridgehead atoms. The summed E-state index contributed by atoms with van der Waals surface area (Å²) in [4.78, 5) is 10.7. The highest BCUT2D eigenvalue weighted by Gasteiger charge is 2.02. The first-order valence-corrected chi connectivity index (χ1v) is 3.59. The summed E-state index contributed by atoms with van der Waals surface area (Å²) in [5.41, 5.74) is 0. The summed E-state index contributed by atoms with van der Waals surface area (Å²) in [6.07, 6.45) is 1.92. The van der Waals surface area contributed by atoms with Crippen LogP contribution in [0.1, 0.15) is 20.3 Å². The molecule has 0 saturated heterocycles. The Labute approximate surface area is 62.3 Å². The maximum absolute atomic E-state index is 10.7. The van der Waals surface area contributed by atoms with E-state index >= 15 is 0 Å². The Balaban J connectivity index is 3.46. The summed E-state index contributed by atoms with van der Waals surface area (Å²) in [5.74, 6) is 0.105. The molecule has 0 aliphatic rings. The summed E-state index contributed by atoms with van der Waals surface area (Å²) in [7, 11) is 0. The van der Waals surface area contributed by atoms with Crippen molar-refractivity contribution in [2.45, 2.75) is 26.3 Å². The Morgan fingerprint density at radius 2 is 2.40 bits per heavy atom. The quantitative estimate of drug-likeness (QED) is 0.581. The smallest absolute Gasteiger partial charge is 0.156 e. The van der Waals surface area contributed by atoms with Gasteiger partial charge in [-0.2, -0.15) is 0 Å². The Morgan fingerprint density at radius 1 is 1.80 bits per heavy atom. The Kier molecular flexibility index (Phi) is 4.85. The summed E-state index contributed by atoms with van der Waals surface area (Å²) in [6, 6.07) is 0.274. The number of carbonyl (C=O) groups excluding carboxylic acids is 1. The zero-order chi connectivity index (χ0) is 7.98. The number of hydrogen-bond donors (Lipinski definition) is 1. The van der Waals surface area contributed by atoms with Crippen LogP contribution in [0.2, 0.25) is 0 Å². The Hall–Kier alpha value is -0.630. The second-order valence-corrected chi connectivity index (χ2v) is 2.33. The molecular formula is C8H15NO. The fourth-order valence-corrected chi connectivity index (χ4v) is 0.806. The van der Waals surface area contributed by atoms with E-state index in [1.54, 1.807) is 0 Å². The number of nitrogens with one attached hydrogen (secondary N) is 1. The SMILES string of the molecule is C=CC(=O)CC(C)NCC. The molecule has 2 nitrogen and oxygen atoms in total. The van der Waals surface area contributed by atoms with E-state index < -0.39 is 0 Å². The average Bonchev–Trinajstić information content (AvgIpc) is 1.88. The third-order valence-electron chi connectivity index (χ3n) is 1.29. The molecule has 0 amide bonds. The first-order valence-electron chi connectivity index (χ1n) is 3.59. The van der Waals surface area contributed by atoms with Crippen LogP contribution in [0.3, 0.4) is 0 Å². The summed E-state index contributed by atoms with van der Waals surface area (Å²) >= 11 is 0. The van der Waals surface area contributed by atoms with Crippen molar-refractivity contribution in [2.24, 2.45) is 0 Å². The largest absolute Gasteiger partial charge is 0.314 e. The van der Waals surface area contributed by atoms with Gasteiger partial charge < -0.3 is 5.32 Å². The number of carbonyl (C=O) groups is 1. The summed E-state index contributed by atoms with van der Waals surface area (Å²) in [5, 5.41) is 3.14. The predicted octanol–water partition coefficient (Wildman–Crippen LogP) is 1.13. The summed E-state index contributed by atoms with van der Waals surface area (Å²) in [6.45, 7) is 8.32. The van der Waals surface area contributed by atoms with Crippen LogP contribution in [-0.4, -0.2) is 18.4 Å². The lowest BCUT2D eigenvalue weighted by Gasteiger charge is -2.08. The molecule has 58 valence electrons. The maximum Gasteiger partial charge on any atom is 0.156 e. The molecule has 1 atom stereocenters. The van der Waals surface area contributed by atoms with Crippen LogP contribution in [0, 0.1) is 0 Å². The highest BCUT2D eigenvalue weighted by atomic mass is 16.1. The highest BCUT2D eigenvalue weighted by molar-refractivity contribution is 5.89. The van der Waals surface area contributed by atoms with Gasteiger partial charge in [-0.3, -0.25) is 4.79 Å². The van der Waals surface area contributed by atoms with E-state index in [0.717, 1.165) is 6.54 Å². The van der Waals surface area contributed by atoms with Crippen molar-refractivity contribution in [1.82, 2.24) is 5.32 Å². The van der Waals surface area contributed by atoms with Crippen molar-refractivity contribution in [2.75, 3.05) is 6.54 Å². The standard InChI is InChI=1S/C8H15NO/c1-4-8(10)6-7(3)9-5-2/h4,7,9H,1,5-6H2,2-3H3. The molecule has 10 heavy (non-hydrogen) atoms. The highest BCUT2D eigenvalue weighted by Crippen LogP contribution is 1.91. The molecule has 0 aromatic carbocycles.